The fraction of sp³-hybridized carbons (Fsp3) is 0.154. The summed E-state index contributed by atoms with van der Waals surface area (Å²) in [6.07, 6.45) is 0. The molecule has 0 aliphatic carbocycles. The van der Waals surface area contributed by atoms with E-state index in [1.807, 2.05) is 19.1 Å². The van der Waals surface area contributed by atoms with Gasteiger partial charge in [-0.15, -0.1) is 0 Å². The summed E-state index contributed by atoms with van der Waals surface area (Å²) in [6, 6.07) is 5.45. The van der Waals surface area contributed by atoms with Crippen molar-refractivity contribution in [2.75, 3.05) is 7.11 Å². The number of aromatic amines is 1. The lowest BCUT2D eigenvalue weighted by Gasteiger charge is -2.09. The van der Waals surface area contributed by atoms with Crippen molar-refractivity contribution >= 4 is 23.2 Å². The van der Waals surface area contributed by atoms with Crippen molar-refractivity contribution in [1.29, 1.82) is 0 Å². The Morgan fingerprint density at radius 2 is 2.16 bits per heavy atom. The molecule has 0 aromatic heterocycles. The van der Waals surface area contributed by atoms with Crippen LogP contribution in [0.5, 0.6) is 5.75 Å². The Morgan fingerprint density at radius 3 is 2.89 bits per heavy atom. The van der Waals surface area contributed by atoms with Crippen LogP contribution < -0.4 is 10.3 Å². The quantitative estimate of drug-likeness (QED) is 0.546. The summed E-state index contributed by atoms with van der Waals surface area (Å²) in [7, 11) is 1.58. The van der Waals surface area contributed by atoms with Gasteiger partial charge in [0, 0.05) is 0 Å². The van der Waals surface area contributed by atoms with Crippen LogP contribution in [0.25, 0.3) is 22.4 Å². The van der Waals surface area contributed by atoms with E-state index in [9.17, 15) is 4.79 Å². The maximum Gasteiger partial charge on any atom is 0.262 e. The number of benzene rings is 1. The molecule has 3 rings (SSSR count). The summed E-state index contributed by atoms with van der Waals surface area (Å²) in [5.74, 6) is 0.886. The largest absolute Gasteiger partial charge is 0.496 e. The molecule has 1 aromatic carbocycles. The summed E-state index contributed by atoms with van der Waals surface area (Å²) in [4.78, 5) is 18.3. The van der Waals surface area contributed by atoms with Gasteiger partial charge < -0.3 is 9.15 Å². The zero-order chi connectivity index (χ0) is 13.6. The summed E-state index contributed by atoms with van der Waals surface area (Å²) < 4.78 is 11.1. The molecular weight excluding hydrogens is 264 g/mol. The van der Waals surface area contributed by atoms with Gasteiger partial charge in [0.1, 0.15) is 16.9 Å². The van der Waals surface area contributed by atoms with Crippen LogP contribution in [-0.2, 0) is 0 Å². The third-order valence-electron chi connectivity index (χ3n) is 2.86. The number of fused-ring (bicyclic) bond motifs is 2. The van der Waals surface area contributed by atoms with Crippen LogP contribution in [-0.4, -0.2) is 17.1 Å². The van der Waals surface area contributed by atoms with E-state index in [4.69, 9.17) is 21.4 Å². The highest BCUT2D eigenvalue weighted by Crippen LogP contribution is 2.31. The number of aromatic nitrogens is 2. The van der Waals surface area contributed by atoms with Gasteiger partial charge >= 0.3 is 0 Å². The fourth-order valence-corrected chi connectivity index (χ4v) is 2.20. The molecule has 96 valence electrons. The summed E-state index contributed by atoms with van der Waals surface area (Å²) in [5, 5.41) is 0.727. The van der Waals surface area contributed by atoms with Gasteiger partial charge in [-0.05, 0) is 42.9 Å². The van der Waals surface area contributed by atoms with Crippen molar-refractivity contribution in [3.05, 3.63) is 38.9 Å². The van der Waals surface area contributed by atoms with Crippen molar-refractivity contribution in [3.8, 4) is 17.2 Å². The Morgan fingerprint density at radius 1 is 1.37 bits per heavy atom. The molecular formula is C13H10N2O3S. The molecule has 19 heavy (non-hydrogen) atoms. The molecule has 0 spiro atoms. The number of hydrogen-bond acceptors (Lipinski definition) is 5. The smallest absolute Gasteiger partial charge is 0.262 e. The molecule has 0 bridgehead atoms. The van der Waals surface area contributed by atoms with E-state index in [1.165, 1.54) is 0 Å². The van der Waals surface area contributed by atoms with Gasteiger partial charge in [-0.1, -0.05) is 0 Å². The SMILES string of the molecule is COc1cc(C)cc2oc3nc(=S)[nH]c(=O)c-3cc12. The van der Waals surface area contributed by atoms with E-state index in [0.29, 0.717) is 16.9 Å². The second kappa shape index (κ2) is 4.17. The molecule has 2 aliphatic heterocycles. The molecule has 0 radical (unpaired) electrons. The molecule has 0 saturated heterocycles. The molecule has 6 heteroatoms. The van der Waals surface area contributed by atoms with E-state index in [1.54, 1.807) is 13.2 Å². The second-order valence-electron chi connectivity index (χ2n) is 4.22. The second-order valence-corrected chi connectivity index (χ2v) is 4.60. The molecule has 0 fully saturated rings. The van der Waals surface area contributed by atoms with Gasteiger partial charge in [-0.25, -0.2) is 0 Å². The first-order valence-electron chi connectivity index (χ1n) is 5.61. The molecule has 0 amide bonds. The van der Waals surface area contributed by atoms with Crippen molar-refractivity contribution in [3.63, 3.8) is 0 Å². The molecule has 2 aliphatic rings. The Kier molecular flexibility index (Phi) is 2.60. The fourth-order valence-electron chi connectivity index (χ4n) is 2.02. The monoisotopic (exact) mass is 274 g/mol. The van der Waals surface area contributed by atoms with E-state index in [2.05, 4.69) is 9.97 Å². The van der Waals surface area contributed by atoms with Gasteiger partial charge in [0.05, 0.1) is 12.5 Å². The number of methoxy groups -OCH3 is 1. The van der Waals surface area contributed by atoms with Crippen LogP contribution in [0, 0.1) is 11.7 Å². The zero-order valence-corrected chi connectivity index (χ0v) is 11.1. The number of nitrogens with zero attached hydrogens (tertiary/aromatic N) is 1. The summed E-state index contributed by atoms with van der Waals surface area (Å²) in [5.41, 5.74) is 1.64. The number of aryl methyl sites for hydroxylation is 1. The van der Waals surface area contributed by atoms with Crippen molar-refractivity contribution < 1.29 is 9.15 Å². The van der Waals surface area contributed by atoms with Gasteiger partial charge in [0.25, 0.3) is 5.56 Å². The predicted molar refractivity (Wildman–Crippen MR) is 73.4 cm³/mol. The van der Waals surface area contributed by atoms with Crippen LogP contribution in [0.3, 0.4) is 0 Å². The Bertz CT molecular complexity index is 866. The van der Waals surface area contributed by atoms with E-state index in [0.717, 1.165) is 10.9 Å². The van der Waals surface area contributed by atoms with Crippen molar-refractivity contribution in [1.82, 2.24) is 9.97 Å². The van der Waals surface area contributed by atoms with Gasteiger partial charge in [0.15, 0.2) is 0 Å². The lowest BCUT2D eigenvalue weighted by molar-refractivity contribution is 0.418. The third-order valence-corrected chi connectivity index (χ3v) is 3.06. The molecule has 1 N–H and O–H groups in total. The van der Waals surface area contributed by atoms with Crippen LogP contribution in [0.4, 0.5) is 0 Å². The highest BCUT2D eigenvalue weighted by Gasteiger charge is 2.15. The Hall–Kier alpha value is -2.21. The Labute approximate surface area is 113 Å². The maximum atomic E-state index is 11.8. The lowest BCUT2D eigenvalue weighted by Crippen LogP contribution is -2.12. The lowest BCUT2D eigenvalue weighted by atomic mass is 10.1. The van der Waals surface area contributed by atoms with Gasteiger partial charge in [0.2, 0.25) is 10.7 Å². The van der Waals surface area contributed by atoms with Gasteiger partial charge in [-0.2, -0.15) is 4.98 Å². The minimum absolute atomic E-state index is 0.111. The van der Waals surface area contributed by atoms with E-state index >= 15 is 0 Å². The van der Waals surface area contributed by atoms with Crippen LogP contribution >= 0.6 is 12.2 Å². The van der Waals surface area contributed by atoms with E-state index in [-0.39, 0.29) is 16.2 Å². The standard InChI is InChI=1S/C13H10N2O3S/c1-6-3-9(17-2)7-5-8-11(16)14-13(19)15-12(8)18-10(7)4-6/h3-5H,1-2H3,(H,14,16,19). The average Bonchev–Trinajstić information content (AvgIpc) is 2.35. The number of nitrogens with one attached hydrogen (secondary N) is 1. The minimum atomic E-state index is -0.316. The van der Waals surface area contributed by atoms with Crippen molar-refractivity contribution in [2.24, 2.45) is 0 Å². The molecule has 2 heterocycles. The highest BCUT2D eigenvalue weighted by atomic mass is 32.1. The molecule has 5 nitrogen and oxygen atoms in total. The minimum Gasteiger partial charge on any atom is -0.496 e. The molecule has 0 atom stereocenters. The van der Waals surface area contributed by atoms with Crippen LogP contribution in [0.1, 0.15) is 5.56 Å². The number of rotatable bonds is 1. The summed E-state index contributed by atoms with van der Waals surface area (Å²) in [6.45, 7) is 1.94. The number of hydrogen-bond donors (Lipinski definition) is 1. The number of ether oxygens (including phenoxy) is 1. The topological polar surface area (TPSA) is 68.1 Å². The molecule has 1 aromatic rings. The first-order chi connectivity index (χ1) is 9.08. The van der Waals surface area contributed by atoms with E-state index < -0.39 is 0 Å². The highest BCUT2D eigenvalue weighted by molar-refractivity contribution is 7.71. The molecule has 0 saturated carbocycles. The normalized spacial score (nSPS) is 11.1. The molecule has 0 unspecified atom stereocenters. The Balaban J connectivity index is 2.53. The first-order valence-corrected chi connectivity index (χ1v) is 6.02. The summed E-state index contributed by atoms with van der Waals surface area (Å²) >= 11 is 4.87. The first kappa shape index (κ1) is 11.9. The van der Waals surface area contributed by atoms with Crippen molar-refractivity contribution in [2.45, 2.75) is 6.92 Å². The third kappa shape index (κ3) is 1.90. The average molecular weight is 274 g/mol. The van der Waals surface area contributed by atoms with Crippen LogP contribution in [0.2, 0.25) is 0 Å². The zero-order valence-electron chi connectivity index (χ0n) is 10.3. The van der Waals surface area contributed by atoms with Crippen LogP contribution in [0.15, 0.2) is 27.4 Å². The van der Waals surface area contributed by atoms with Gasteiger partial charge in [-0.3, -0.25) is 9.78 Å². The predicted octanol–water partition coefficient (Wildman–Crippen LogP) is 2.67. The maximum absolute atomic E-state index is 11.8. The number of H-pyrrole nitrogens is 1.